The summed E-state index contributed by atoms with van der Waals surface area (Å²) in [5.41, 5.74) is 0.904. The van der Waals surface area contributed by atoms with Gasteiger partial charge in [0.15, 0.2) is 4.75 Å². The van der Waals surface area contributed by atoms with E-state index >= 15 is 0 Å². The Morgan fingerprint density at radius 2 is 2.17 bits per heavy atom. The number of amides is 1. The van der Waals surface area contributed by atoms with Gasteiger partial charge in [0, 0.05) is 24.4 Å². The molecule has 2 aliphatic heterocycles. The Hall–Kier alpha value is -0.990. The second-order valence-electron chi connectivity index (χ2n) is 4.88. The lowest BCUT2D eigenvalue weighted by Gasteiger charge is -2.41. The third kappa shape index (κ3) is 1.33. The van der Waals surface area contributed by atoms with Crippen LogP contribution < -0.4 is 9.62 Å². The molecule has 0 radical (unpaired) electrons. The van der Waals surface area contributed by atoms with E-state index in [1.54, 1.807) is 0 Å². The van der Waals surface area contributed by atoms with Crippen molar-refractivity contribution in [1.29, 1.82) is 0 Å². The maximum Gasteiger partial charge on any atom is 0.265 e. The number of thiazole rings is 1. The van der Waals surface area contributed by atoms with E-state index in [-0.39, 0.29) is 5.13 Å². The minimum Gasteiger partial charge on any atom is -0.311 e. The molecule has 0 bridgehead atoms. The Balaban J connectivity index is 2.02. The van der Waals surface area contributed by atoms with Crippen LogP contribution in [0.1, 0.15) is 24.4 Å². The molecule has 3 heterocycles. The largest absolute Gasteiger partial charge is 0.311 e. The summed E-state index contributed by atoms with van der Waals surface area (Å²) in [5, 5.41) is 3.48. The van der Waals surface area contributed by atoms with Gasteiger partial charge in [0.1, 0.15) is 0 Å². The molecule has 2 aliphatic rings. The third-order valence-electron chi connectivity index (χ3n) is 3.35. The summed E-state index contributed by atoms with van der Waals surface area (Å²) >= 11 is 1.28. The van der Waals surface area contributed by atoms with Gasteiger partial charge in [-0.25, -0.2) is 13.4 Å². The van der Waals surface area contributed by atoms with Crippen LogP contribution in [-0.2, 0) is 27.8 Å². The maximum absolute atomic E-state index is 12.1. The van der Waals surface area contributed by atoms with Crippen LogP contribution in [0.5, 0.6) is 0 Å². The number of anilines is 1. The first-order valence-electron chi connectivity index (χ1n) is 5.64. The van der Waals surface area contributed by atoms with E-state index in [1.165, 1.54) is 25.2 Å². The molecule has 0 atom stereocenters. The average molecular weight is 287 g/mol. The Morgan fingerprint density at radius 3 is 2.78 bits per heavy atom. The molecule has 1 saturated heterocycles. The van der Waals surface area contributed by atoms with Crippen LogP contribution >= 0.6 is 11.3 Å². The summed E-state index contributed by atoms with van der Waals surface area (Å²) in [5.74, 6) is -0.401. The Kier molecular flexibility index (Phi) is 2.36. The number of hydrogen-bond acceptors (Lipinski definition) is 6. The van der Waals surface area contributed by atoms with Crippen molar-refractivity contribution >= 4 is 32.4 Å². The van der Waals surface area contributed by atoms with Gasteiger partial charge in [-0.1, -0.05) is 11.3 Å². The lowest BCUT2D eigenvalue weighted by atomic mass is 10.2. The highest BCUT2D eigenvalue weighted by Gasteiger charge is 2.62. The van der Waals surface area contributed by atoms with E-state index in [4.69, 9.17) is 0 Å². The Bertz CT molecular complexity index is 609. The molecule has 1 amide bonds. The van der Waals surface area contributed by atoms with Crippen molar-refractivity contribution in [3.8, 4) is 0 Å². The summed E-state index contributed by atoms with van der Waals surface area (Å²) in [4.78, 5) is 17.2. The zero-order valence-corrected chi connectivity index (χ0v) is 11.7. The first-order chi connectivity index (χ1) is 8.35. The molecule has 0 saturated carbocycles. The molecule has 0 spiro atoms. The van der Waals surface area contributed by atoms with Crippen molar-refractivity contribution in [2.75, 3.05) is 10.8 Å². The topological polar surface area (TPSA) is 79.4 Å². The molecule has 1 N–H and O–H groups in total. The molecule has 8 heteroatoms. The predicted octanol–water partition coefficient (Wildman–Crippen LogP) is 0.244. The fourth-order valence-corrected chi connectivity index (χ4v) is 4.76. The van der Waals surface area contributed by atoms with Crippen LogP contribution in [0.2, 0.25) is 0 Å². The molecule has 18 heavy (non-hydrogen) atoms. The minimum atomic E-state index is -3.59. The van der Waals surface area contributed by atoms with Crippen LogP contribution in [0, 0.1) is 0 Å². The van der Waals surface area contributed by atoms with Crippen molar-refractivity contribution in [2.45, 2.75) is 31.6 Å². The number of sulfonamides is 1. The third-order valence-corrected chi connectivity index (χ3v) is 6.83. The van der Waals surface area contributed by atoms with E-state index in [2.05, 4.69) is 10.3 Å². The lowest BCUT2D eigenvalue weighted by molar-refractivity contribution is -0.120. The van der Waals surface area contributed by atoms with Gasteiger partial charge in [0.2, 0.25) is 5.13 Å². The van der Waals surface area contributed by atoms with E-state index < -0.39 is 20.7 Å². The van der Waals surface area contributed by atoms with Crippen molar-refractivity contribution in [3.63, 3.8) is 0 Å². The molecule has 0 unspecified atom stereocenters. The van der Waals surface area contributed by atoms with Gasteiger partial charge in [0.25, 0.3) is 15.9 Å². The second kappa shape index (κ2) is 3.52. The van der Waals surface area contributed by atoms with Gasteiger partial charge in [-0.15, -0.1) is 0 Å². The van der Waals surface area contributed by atoms with E-state index in [9.17, 15) is 13.2 Å². The molecule has 6 nitrogen and oxygen atoms in total. The Labute approximate surface area is 109 Å². The summed E-state index contributed by atoms with van der Waals surface area (Å²) in [6, 6.07) is 0. The standard InChI is InChI=1S/C10H13N3O3S2/c1-10(2)8(14)13(18(10,15)16)9-12-6-3-4-11-5-7(6)17-9/h11H,3-5H2,1-2H3. The molecule has 0 aromatic carbocycles. The molecular weight excluding hydrogens is 274 g/mol. The summed E-state index contributed by atoms with van der Waals surface area (Å²) in [6.45, 7) is 4.38. The molecule has 1 fully saturated rings. The predicted molar refractivity (Wildman–Crippen MR) is 68.0 cm³/mol. The molecule has 1 aromatic heterocycles. The number of aromatic nitrogens is 1. The van der Waals surface area contributed by atoms with Gasteiger partial charge in [-0.05, 0) is 13.8 Å². The number of carbonyl (C=O) groups is 1. The van der Waals surface area contributed by atoms with Gasteiger partial charge < -0.3 is 5.32 Å². The molecule has 1 aromatic rings. The summed E-state index contributed by atoms with van der Waals surface area (Å²) in [7, 11) is -3.59. The monoisotopic (exact) mass is 287 g/mol. The first kappa shape index (κ1) is 12.1. The van der Waals surface area contributed by atoms with Crippen LogP contribution in [0.15, 0.2) is 0 Å². The summed E-state index contributed by atoms with van der Waals surface area (Å²) < 4.78 is 23.6. The zero-order valence-electron chi connectivity index (χ0n) is 10.1. The highest BCUT2D eigenvalue weighted by atomic mass is 32.2. The number of rotatable bonds is 1. The first-order valence-corrected chi connectivity index (χ1v) is 7.90. The SMILES string of the molecule is CC1(C)C(=O)N(c2nc3c(s2)CNCC3)S1(=O)=O. The number of fused-ring (bicyclic) bond motifs is 1. The van der Waals surface area contributed by atoms with Gasteiger partial charge in [-0.3, -0.25) is 4.79 Å². The maximum atomic E-state index is 12.1. The average Bonchev–Trinajstić information content (AvgIpc) is 2.71. The number of carbonyl (C=O) groups excluding carboxylic acids is 1. The fraction of sp³-hybridized carbons (Fsp3) is 0.600. The molecular formula is C10H13N3O3S2. The van der Waals surface area contributed by atoms with Gasteiger partial charge in [-0.2, -0.15) is 4.31 Å². The number of nitrogens with zero attached hydrogens (tertiary/aromatic N) is 2. The molecule has 3 rings (SSSR count). The molecule has 98 valence electrons. The van der Waals surface area contributed by atoms with E-state index in [0.717, 1.165) is 27.8 Å². The van der Waals surface area contributed by atoms with Crippen LogP contribution in [-0.4, -0.2) is 30.6 Å². The highest BCUT2D eigenvalue weighted by Crippen LogP contribution is 2.41. The van der Waals surface area contributed by atoms with E-state index in [1.807, 2.05) is 0 Å². The molecule has 0 aliphatic carbocycles. The fourth-order valence-electron chi connectivity index (χ4n) is 2.04. The second-order valence-corrected chi connectivity index (χ2v) is 8.28. The number of hydrogen-bond donors (Lipinski definition) is 1. The quantitative estimate of drug-likeness (QED) is 0.800. The zero-order chi connectivity index (χ0) is 13.1. The minimum absolute atomic E-state index is 0.285. The van der Waals surface area contributed by atoms with Crippen LogP contribution in [0.4, 0.5) is 5.13 Å². The Morgan fingerprint density at radius 1 is 1.44 bits per heavy atom. The van der Waals surface area contributed by atoms with Crippen molar-refractivity contribution < 1.29 is 13.2 Å². The van der Waals surface area contributed by atoms with Crippen LogP contribution in [0.3, 0.4) is 0 Å². The normalized spacial score (nSPS) is 24.6. The highest BCUT2D eigenvalue weighted by molar-refractivity contribution is 7.98. The van der Waals surface area contributed by atoms with Crippen molar-refractivity contribution in [3.05, 3.63) is 10.6 Å². The number of nitrogens with one attached hydrogen (secondary N) is 1. The van der Waals surface area contributed by atoms with Gasteiger partial charge in [0.05, 0.1) is 5.69 Å². The smallest absolute Gasteiger partial charge is 0.265 e. The van der Waals surface area contributed by atoms with E-state index in [0.29, 0.717) is 6.54 Å². The van der Waals surface area contributed by atoms with Crippen molar-refractivity contribution in [2.24, 2.45) is 0 Å². The van der Waals surface area contributed by atoms with Crippen molar-refractivity contribution in [1.82, 2.24) is 10.3 Å². The summed E-state index contributed by atoms with van der Waals surface area (Å²) in [6.07, 6.45) is 0.775. The van der Waals surface area contributed by atoms with Crippen LogP contribution in [0.25, 0.3) is 0 Å². The van der Waals surface area contributed by atoms with Gasteiger partial charge >= 0.3 is 0 Å². The lowest BCUT2D eigenvalue weighted by Crippen LogP contribution is -2.67.